The second-order valence-electron chi connectivity index (χ2n) is 4.18. The van der Waals surface area contributed by atoms with Gasteiger partial charge in [-0.2, -0.15) is 0 Å². The van der Waals surface area contributed by atoms with E-state index in [9.17, 15) is 0 Å². The molecule has 0 amide bonds. The van der Waals surface area contributed by atoms with E-state index in [0.29, 0.717) is 18.6 Å². The predicted molar refractivity (Wildman–Crippen MR) is 59.6 cm³/mol. The Morgan fingerprint density at radius 1 is 1.40 bits per heavy atom. The number of hydrogen-bond acceptors (Lipinski definition) is 2. The van der Waals surface area contributed by atoms with Gasteiger partial charge < -0.3 is 9.47 Å². The molecule has 1 aliphatic heterocycles. The zero-order valence-electron chi connectivity index (χ0n) is 9.19. The molecule has 1 aromatic rings. The molecule has 1 aliphatic rings. The summed E-state index contributed by atoms with van der Waals surface area (Å²) in [6.07, 6.45) is 1.62. The molecule has 2 atom stereocenters. The Bertz CT molecular complexity index is 280. The van der Waals surface area contributed by atoms with Crippen LogP contribution in [0.25, 0.3) is 0 Å². The van der Waals surface area contributed by atoms with Gasteiger partial charge in [-0.25, -0.2) is 0 Å². The van der Waals surface area contributed by atoms with E-state index in [-0.39, 0.29) is 0 Å². The van der Waals surface area contributed by atoms with Crippen LogP contribution >= 0.6 is 0 Å². The maximum absolute atomic E-state index is 5.66. The highest BCUT2D eigenvalue weighted by molar-refractivity contribution is 5.13. The molecular weight excluding hydrogens is 188 g/mol. The van der Waals surface area contributed by atoms with E-state index < -0.39 is 0 Å². The molecule has 15 heavy (non-hydrogen) atoms. The second-order valence-corrected chi connectivity index (χ2v) is 4.18. The van der Waals surface area contributed by atoms with Crippen molar-refractivity contribution in [1.29, 1.82) is 0 Å². The van der Waals surface area contributed by atoms with Crippen molar-refractivity contribution in [2.45, 2.75) is 26.1 Å². The lowest BCUT2D eigenvalue weighted by Crippen LogP contribution is -2.35. The van der Waals surface area contributed by atoms with Gasteiger partial charge in [0, 0.05) is 12.5 Å². The first-order valence-electron chi connectivity index (χ1n) is 5.59. The van der Waals surface area contributed by atoms with Crippen LogP contribution in [0, 0.1) is 5.92 Å². The highest BCUT2D eigenvalue weighted by Gasteiger charge is 2.24. The summed E-state index contributed by atoms with van der Waals surface area (Å²) in [5, 5.41) is 0. The summed E-state index contributed by atoms with van der Waals surface area (Å²) in [7, 11) is 0. The van der Waals surface area contributed by atoms with Crippen molar-refractivity contribution in [2.24, 2.45) is 5.92 Å². The third kappa shape index (κ3) is 3.05. The minimum atomic E-state index is 0.431. The van der Waals surface area contributed by atoms with E-state index in [0.717, 1.165) is 13.2 Å². The van der Waals surface area contributed by atoms with Gasteiger partial charge >= 0.3 is 0 Å². The fourth-order valence-corrected chi connectivity index (χ4v) is 1.75. The summed E-state index contributed by atoms with van der Waals surface area (Å²) < 4.78 is 11.1. The lowest BCUT2D eigenvalue weighted by atomic mass is 10.00. The molecule has 1 aromatic carbocycles. The Labute approximate surface area is 91.2 Å². The van der Waals surface area contributed by atoms with Gasteiger partial charge in [0.25, 0.3) is 0 Å². The molecule has 2 unspecified atom stereocenters. The summed E-state index contributed by atoms with van der Waals surface area (Å²) in [4.78, 5) is 0. The molecule has 1 saturated heterocycles. The van der Waals surface area contributed by atoms with E-state index in [1.165, 1.54) is 12.0 Å². The molecule has 1 fully saturated rings. The minimum Gasteiger partial charge on any atom is -0.378 e. The molecule has 1 heterocycles. The van der Waals surface area contributed by atoms with Crippen molar-refractivity contribution in [2.75, 3.05) is 13.2 Å². The second kappa shape index (κ2) is 5.29. The Balaban J connectivity index is 1.66. The van der Waals surface area contributed by atoms with E-state index in [1.807, 2.05) is 18.2 Å². The van der Waals surface area contributed by atoms with Crippen LogP contribution in [0.4, 0.5) is 0 Å². The molecule has 0 spiro atoms. The van der Waals surface area contributed by atoms with Crippen molar-refractivity contribution >= 4 is 0 Å². The predicted octanol–water partition coefficient (Wildman–Crippen LogP) is 2.63. The van der Waals surface area contributed by atoms with Crippen molar-refractivity contribution in [3.8, 4) is 0 Å². The smallest absolute Gasteiger partial charge is 0.0717 e. The Kier molecular flexibility index (Phi) is 3.75. The fourth-order valence-electron chi connectivity index (χ4n) is 1.75. The summed E-state index contributed by atoms with van der Waals surface area (Å²) in [5.41, 5.74) is 1.24. The molecule has 2 nitrogen and oxygen atoms in total. The molecule has 0 N–H and O–H groups in total. The van der Waals surface area contributed by atoms with Crippen LogP contribution < -0.4 is 0 Å². The number of ether oxygens (including phenoxy) is 2. The third-order valence-corrected chi connectivity index (χ3v) is 2.86. The SMILES string of the molecule is CC(COCc1ccccc1)C1CCO1. The molecule has 0 saturated carbocycles. The van der Waals surface area contributed by atoms with Crippen LogP contribution in [0.15, 0.2) is 30.3 Å². The first-order valence-corrected chi connectivity index (χ1v) is 5.59. The maximum Gasteiger partial charge on any atom is 0.0717 e. The number of rotatable bonds is 5. The molecule has 82 valence electrons. The van der Waals surface area contributed by atoms with Gasteiger partial charge in [0.1, 0.15) is 0 Å². The van der Waals surface area contributed by atoms with Crippen molar-refractivity contribution < 1.29 is 9.47 Å². The van der Waals surface area contributed by atoms with Crippen LogP contribution in [0.2, 0.25) is 0 Å². The average molecular weight is 206 g/mol. The lowest BCUT2D eigenvalue weighted by molar-refractivity contribution is -0.0984. The highest BCUT2D eigenvalue weighted by atomic mass is 16.5. The Hall–Kier alpha value is -0.860. The number of hydrogen-bond donors (Lipinski definition) is 0. The first-order chi connectivity index (χ1) is 7.36. The quantitative estimate of drug-likeness (QED) is 0.737. The summed E-state index contributed by atoms with van der Waals surface area (Å²) >= 11 is 0. The van der Waals surface area contributed by atoms with Gasteiger partial charge in [-0.05, 0) is 12.0 Å². The van der Waals surface area contributed by atoms with Gasteiger partial charge in [0.05, 0.1) is 19.3 Å². The monoisotopic (exact) mass is 206 g/mol. The largest absolute Gasteiger partial charge is 0.378 e. The zero-order chi connectivity index (χ0) is 10.5. The Morgan fingerprint density at radius 2 is 2.13 bits per heavy atom. The van der Waals surface area contributed by atoms with E-state index in [4.69, 9.17) is 9.47 Å². The lowest BCUT2D eigenvalue weighted by Gasteiger charge is -2.31. The summed E-state index contributed by atoms with van der Waals surface area (Å²) in [6, 6.07) is 10.3. The van der Waals surface area contributed by atoms with Crippen LogP contribution in [-0.2, 0) is 16.1 Å². The molecule has 2 rings (SSSR count). The summed E-state index contributed by atoms with van der Waals surface area (Å²) in [5.74, 6) is 0.516. The van der Waals surface area contributed by atoms with Gasteiger partial charge in [0.15, 0.2) is 0 Å². The van der Waals surface area contributed by atoms with Crippen molar-refractivity contribution in [3.63, 3.8) is 0 Å². The van der Waals surface area contributed by atoms with E-state index in [2.05, 4.69) is 19.1 Å². The fraction of sp³-hybridized carbons (Fsp3) is 0.538. The highest BCUT2D eigenvalue weighted by Crippen LogP contribution is 2.20. The van der Waals surface area contributed by atoms with Crippen LogP contribution in [0.1, 0.15) is 18.9 Å². The van der Waals surface area contributed by atoms with Crippen molar-refractivity contribution in [1.82, 2.24) is 0 Å². The standard InChI is InChI=1S/C13H18O2/c1-11(13-7-8-15-13)9-14-10-12-5-3-2-4-6-12/h2-6,11,13H,7-10H2,1H3. The van der Waals surface area contributed by atoms with Gasteiger partial charge in [-0.1, -0.05) is 37.3 Å². The van der Waals surface area contributed by atoms with Crippen molar-refractivity contribution in [3.05, 3.63) is 35.9 Å². The topological polar surface area (TPSA) is 18.5 Å². The van der Waals surface area contributed by atoms with Crippen LogP contribution in [0.3, 0.4) is 0 Å². The zero-order valence-corrected chi connectivity index (χ0v) is 9.19. The normalized spacial score (nSPS) is 22.1. The van der Waals surface area contributed by atoms with E-state index in [1.54, 1.807) is 0 Å². The molecular formula is C13H18O2. The molecule has 0 radical (unpaired) electrons. The first kappa shape index (κ1) is 10.7. The molecule has 0 aliphatic carbocycles. The molecule has 2 heteroatoms. The summed E-state index contributed by atoms with van der Waals surface area (Å²) in [6.45, 7) is 4.61. The molecule has 0 aromatic heterocycles. The maximum atomic E-state index is 5.66. The van der Waals surface area contributed by atoms with Gasteiger partial charge in [-0.3, -0.25) is 0 Å². The molecule has 0 bridgehead atoms. The average Bonchev–Trinajstić information content (AvgIpc) is 2.16. The van der Waals surface area contributed by atoms with Crippen LogP contribution in [-0.4, -0.2) is 19.3 Å². The van der Waals surface area contributed by atoms with Gasteiger partial charge in [0.2, 0.25) is 0 Å². The Morgan fingerprint density at radius 3 is 2.73 bits per heavy atom. The van der Waals surface area contributed by atoms with Crippen LogP contribution in [0.5, 0.6) is 0 Å². The van der Waals surface area contributed by atoms with E-state index >= 15 is 0 Å². The number of benzene rings is 1. The third-order valence-electron chi connectivity index (χ3n) is 2.86. The minimum absolute atomic E-state index is 0.431. The van der Waals surface area contributed by atoms with Gasteiger partial charge in [-0.15, -0.1) is 0 Å².